The molecule has 0 saturated heterocycles. The zero-order valence-corrected chi connectivity index (χ0v) is 19.4. The van der Waals surface area contributed by atoms with Crippen molar-refractivity contribution in [2.75, 3.05) is 25.5 Å². The molecule has 0 fully saturated rings. The summed E-state index contributed by atoms with van der Waals surface area (Å²) in [7, 11) is -1.90. The molecule has 0 saturated carbocycles. The number of carbonyl (C=O) groups excluding carboxylic acids is 1. The van der Waals surface area contributed by atoms with Crippen molar-refractivity contribution >= 4 is 32.6 Å². The van der Waals surface area contributed by atoms with Crippen molar-refractivity contribution in [3.63, 3.8) is 0 Å². The average Bonchev–Trinajstić information content (AvgIpc) is 3.49. The molecule has 0 aliphatic carbocycles. The van der Waals surface area contributed by atoms with Crippen molar-refractivity contribution in [3.05, 3.63) is 53.6 Å². The first-order valence-electron chi connectivity index (χ1n) is 10.4. The largest absolute Gasteiger partial charge is 0.495 e. The van der Waals surface area contributed by atoms with Crippen molar-refractivity contribution in [1.82, 2.24) is 14.9 Å². The number of nitrogens with one attached hydrogen (secondary N) is 1. The number of halogens is 1. The maximum atomic E-state index is 15.3. The van der Waals surface area contributed by atoms with Gasteiger partial charge in [0.25, 0.3) is 10.0 Å². The molecule has 5 rings (SSSR count). The number of hydrogen-bond acceptors (Lipinski definition) is 9. The van der Waals surface area contributed by atoms with Gasteiger partial charge in [0.05, 0.1) is 32.9 Å². The summed E-state index contributed by atoms with van der Waals surface area (Å²) in [5.74, 6) is -1.70. The Morgan fingerprint density at radius 3 is 2.80 bits per heavy atom. The lowest BCUT2D eigenvalue weighted by molar-refractivity contribution is 0.0930. The van der Waals surface area contributed by atoms with E-state index in [2.05, 4.69) is 15.0 Å². The van der Waals surface area contributed by atoms with Crippen LogP contribution < -0.4 is 18.9 Å². The van der Waals surface area contributed by atoms with Gasteiger partial charge >= 0.3 is 0 Å². The summed E-state index contributed by atoms with van der Waals surface area (Å²) in [6, 6.07) is 5.90. The van der Waals surface area contributed by atoms with E-state index in [1.165, 1.54) is 37.1 Å². The molecule has 3 heterocycles. The van der Waals surface area contributed by atoms with Gasteiger partial charge in [-0.2, -0.15) is 5.10 Å². The smallest absolute Gasteiger partial charge is 0.270 e. The molecule has 4 aromatic rings. The highest BCUT2D eigenvalue weighted by molar-refractivity contribution is 7.93. The van der Waals surface area contributed by atoms with Gasteiger partial charge in [0, 0.05) is 24.4 Å². The number of methoxy groups -OCH3 is 2. The lowest BCUT2D eigenvalue weighted by atomic mass is 10.0. The number of carbonyl (C=O) groups is 1. The summed E-state index contributed by atoms with van der Waals surface area (Å²) in [5, 5.41) is 7.83. The van der Waals surface area contributed by atoms with Gasteiger partial charge in [-0.3, -0.25) is 14.2 Å². The van der Waals surface area contributed by atoms with Gasteiger partial charge in [-0.1, -0.05) is 5.16 Å². The summed E-state index contributed by atoms with van der Waals surface area (Å²) < 4.78 is 67.3. The number of rotatable bonds is 7. The number of hydrogen-bond donors (Lipinski definition) is 1. The Morgan fingerprint density at radius 1 is 1.26 bits per heavy atom. The van der Waals surface area contributed by atoms with Crippen LogP contribution in [0.25, 0.3) is 11.0 Å². The molecule has 0 bridgehead atoms. The summed E-state index contributed by atoms with van der Waals surface area (Å²) in [5.41, 5.74) is 0.417. The molecule has 182 valence electrons. The number of fused-ring (bicyclic) bond motifs is 2. The first-order valence-corrected chi connectivity index (χ1v) is 11.8. The molecule has 1 aliphatic rings. The number of nitrogens with zero attached hydrogens (tertiary/aromatic N) is 3. The Hall–Kier alpha value is -4.13. The van der Waals surface area contributed by atoms with Crippen molar-refractivity contribution < 1.29 is 36.3 Å². The molecule has 2 aromatic carbocycles. The molecule has 35 heavy (non-hydrogen) atoms. The Morgan fingerprint density at radius 2 is 2.09 bits per heavy atom. The third-order valence-electron chi connectivity index (χ3n) is 5.50. The van der Waals surface area contributed by atoms with Gasteiger partial charge in [-0.05, 0) is 24.3 Å². The fraction of sp³-hybridized carbons (Fsp3) is 0.227. The summed E-state index contributed by atoms with van der Waals surface area (Å²) >= 11 is 0. The summed E-state index contributed by atoms with van der Waals surface area (Å²) in [6.45, 7) is 0.109. The number of benzene rings is 2. The molecule has 1 aliphatic heterocycles. The van der Waals surface area contributed by atoms with E-state index in [1.807, 2.05) is 0 Å². The van der Waals surface area contributed by atoms with Crippen molar-refractivity contribution in [1.29, 1.82) is 0 Å². The number of sulfonamides is 1. The molecule has 2 aromatic heterocycles. The number of ketones is 1. The molecule has 0 atom stereocenters. The molecule has 1 N–H and O–H groups in total. The van der Waals surface area contributed by atoms with Gasteiger partial charge in [-0.15, -0.1) is 0 Å². The van der Waals surface area contributed by atoms with Gasteiger partial charge < -0.3 is 18.7 Å². The molecule has 11 nitrogen and oxygen atoms in total. The van der Waals surface area contributed by atoms with E-state index in [-0.39, 0.29) is 75.4 Å². The SMILES string of the molecule is COc1ccc2c(c1S(=O)(=O)Nc1noc3cc(Cn4cccn4)c(F)c(OC)c13)OCCC2=O. The minimum atomic E-state index is -4.44. The standard InChI is InChI=1S/C22H19FN4O7S/c1-31-15-5-4-13-14(28)6-9-33-19(13)21(15)35(29,30)26-22-17-16(34-25-22)10-12(18(23)20(17)32-2)11-27-8-3-7-24-27/h3-5,7-8,10H,6,9,11H2,1-2H3,(H,25,26). The fourth-order valence-corrected chi connectivity index (χ4v) is 5.25. The minimum absolute atomic E-state index is 0.0152. The maximum absolute atomic E-state index is 15.3. The predicted octanol–water partition coefficient (Wildman–Crippen LogP) is 2.99. The van der Waals surface area contributed by atoms with Gasteiger partial charge in [-0.25, -0.2) is 12.8 Å². The Labute approximate surface area is 198 Å². The van der Waals surface area contributed by atoms with Crippen molar-refractivity contribution in [2.24, 2.45) is 0 Å². The minimum Gasteiger partial charge on any atom is -0.495 e. The number of ether oxygens (including phenoxy) is 3. The van der Waals surface area contributed by atoms with E-state index < -0.39 is 15.8 Å². The van der Waals surface area contributed by atoms with Crippen LogP contribution in [0.4, 0.5) is 10.2 Å². The van der Waals surface area contributed by atoms with Crippen LogP contribution in [-0.2, 0) is 16.6 Å². The van der Waals surface area contributed by atoms with Crippen LogP contribution >= 0.6 is 0 Å². The second-order valence-electron chi connectivity index (χ2n) is 7.59. The van der Waals surface area contributed by atoms with Crippen LogP contribution in [0.3, 0.4) is 0 Å². The molecule has 0 spiro atoms. The zero-order valence-electron chi connectivity index (χ0n) is 18.6. The van der Waals surface area contributed by atoms with E-state index in [0.717, 1.165) is 0 Å². The molecule has 13 heteroatoms. The van der Waals surface area contributed by atoms with Crippen LogP contribution in [0.1, 0.15) is 22.3 Å². The lowest BCUT2D eigenvalue weighted by Gasteiger charge is -2.21. The third-order valence-corrected chi connectivity index (χ3v) is 6.89. The number of anilines is 1. The molecule has 0 unspecified atom stereocenters. The van der Waals surface area contributed by atoms with E-state index >= 15 is 4.39 Å². The summed E-state index contributed by atoms with van der Waals surface area (Å²) in [4.78, 5) is 11.9. The van der Waals surface area contributed by atoms with Gasteiger partial charge in [0.2, 0.25) is 0 Å². The predicted molar refractivity (Wildman–Crippen MR) is 120 cm³/mol. The van der Waals surface area contributed by atoms with E-state index in [0.29, 0.717) is 0 Å². The average molecular weight is 502 g/mol. The second-order valence-corrected chi connectivity index (χ2v) is 9.21. The highest BCUT2D eigenvalue weighted by atomic mass is 32.2. The molecule has 0 radical (unpaired) electrons. The van der Waals surface area contributed by atoms with Crippen LogP contribution in [0.15, 0.2) is 46.1 Å². The van der Waals surface area contributed by atoms with Crippen LogP contribution in [0.5, 0.6) is 17.2 Å². The lowest BCUT2D eigenvalue weighted by Crippen LogP contribution is -2.21. The molecular formula is C22H19FN4O7S. The monoisotopic (exact) mass is 502 g/mol. The highest BCUT2D eigenvalue weighted by Crippen LogP contribution is 2.42. The van der Waals surface area contributed by atoms with Crippen LogP contribution in [0, 0.1) is 5.82 Å². The Balaban J connectivity index is 1.60. The second kappa shape index (κ2) is 8.58. The number of aromatic nitrogens is 3. The summed E-state index contributed by atoms with van der Waals surface area (Å²) in [6.07, 6.45) is 3.34. The zero-order chi connectivity index (χ0) is 24.7. The van der Waals surface area contributed by atoms with Crippen molar-refractivity contribution in [2.45, 2.75) is 17.9 Å². The molecule has 0 amide bonds. The normalized spacial score (nSPS) is 13.4. The van der Waals surface area contributed by atoms with Crippen LogP contribution in [0.2, 0.25) is 0 Å². The topological polar surface area (TPSA) is 135 Å². The van der Waals surface area contributed by atoms with Gasteiger partial charge in [0.1, 0.15) is 11.1 Å². The van der Waals surface area contributed by atoms with E-state index in [4.69, 9.17) is 18.7 Å². The first kappa shape index (κ1) is 22.7. The fourth-order valence-electron chi connectivity index (χ4n) is 3.92. The third kappa shape index (κ3) is 3.83. The maximum Gasteiger partial charge on any atom is 0.270 e. The number of Topliss-reactive ketones (excluding diaryl/α,β-unsaturated/α-hetero) is 1. The van der Waals surface area contributed by atoms with E-state index in [1.54, 1.807) is 18.5 Å². The first-order chi connectivity index (χ1) is 16.8. The quantitative estimate of drug-likeness (QED) is 0.405. The molecular weight excluding hydrogens is 483 g/mol. The Kier molecular flexibility index (Phi) is 5.55. The van der Waals surface area contributed by atoms with Crippen LogP contribution in [-0.4, -0.2) is 50.0 Å². The van der Waals surface area contributed by atoms with E-state index in [9.17, 15) is 13.2 Å². The van der Waals surface area contributed by atoms with Crippen molar-refractivity contribution in [3.8, 4) is 17.2 Å². The highest BCUT2D eigenvalue weighted by Gasteiger charge is 2.33. The van der Waals surface area contributed by atoms with Gasteiger partial charge in [0.15, 0.2) is 39.4 Å². The Bertz CT molecular complexity index is 1550.